The van der Waals surface area contributed by atoms with Crippen LogP contribution in [-0.2, 0) is 11.2 Å². The van der Waals surface area contributed by atoms with Gasteiger partial charge in [0.05, 0.1) is 12.1 Å². The van der Waals surface area contributed by atoms with Gasteiger partial charge in [-0.2, -0.15) is 0 Å². The van der Waals surface area contributed by atoms with Gasteiger partial charge in [0.1, 0.15) is 11.7 Å². The number of aromatic nitrogens is 2. The molecule has 2 aromatic rings. The van der Waals surface area contributed by atoms with Gasteiger partial charge in [-0.25, -0.2) is 4.98 Å². The van der Waals surface area contributed by atoms with Crippen LogP contribution in [-0.4, -0.2) is 62.9 Å². The number of amides is 2. The highest BCUT2D eigenvalue weighted by molar-refractivity contribution is 6.43. The molecule has 30 heavy (non-hydrogen) atoms. The predicted molar refractivity (Wildman–Crippen MR) is 114 cm³/mol. The third-order valence-electron chi connectivity index (χ3n) is 4.95. The minimum absolute atomic E-state index is 0.149. The Morgan fingerprint density at radius 3 is 2.50 bits per heavy atom. The molecule has 8 nitrogen and oxygen atoms in total. The molecule has 0 bridgehead atoms. The minimum atomic E-state index is -1.69. The molecule has 0 aliphatic heterocycles. The van der Waals surface area contributed by atoms with Crippen molar-refractivity contribution in [3.05, 3.63) is 60.2 Å². The highest BCUT2D eigenvalue weighted by Crippen LogP contribution is 2.12. The van der Waals surface area contributed by atoms with Crippen LogP contribution in [0, 0.1) is 0 Å². The third-order valence-corrected chi connectivity index (χ3v) is 4.95. The van der Waals surface area contributed by atoms with E-state index in [9.17, 15) is 19.6 Å². The largest absolute Gasteiger partial charge is 0.475 e. The van der Waals surface area contributed by atoms with Crippen molar-refractivity contribution in [3.63, 3.8) is 0 Å². The maximum absolute atomic E-state index is 12.9. The molecule has 1 aromatic heterocycles. The lowest BCUT2D eigenvalue weighted by molar-refractivity contribution is -0.126. The predicted octanol–water partition coefficient (Wildman–Crippen LogP) is 1.24. The minimum Gasteiger partial charge on any atom is -0.426 e. The Hall–Kier alpha value is -2.78. The number of nitrogens with zero attached hydrogens (tertiary/aromatic N) is 3. The number of rotatable bonds is 11. The maximum Gasteiger partial charge on any atom is 0.475 e. The molecule has 0 aliphatic rings. The molecule has 2 unspecified atom stereocenters. The number of benzene rings is 1. The Morgan fingerprint density at radius 1 is 1.17 bits per heavy atom. The van der Waals surface area contributed by atoms with Crippen molar-refractivity contribution in [1.82, 2.24) is 20.2 Å². The summed E-state index contributed by atoms with van der Waals surface area (Å²) in [6.45, 7) is 1.92. The second-order valence-corrected chi connectivity index (χ2v) is 7.22. The summed E-state index contributed by atoms with van der Waals surface area (Å²) in [7, 11) is -0.149. The summed E-state index contributed by atoms with van der Waals surface area (Å²) >= 11 is 0. The van der Waals surface area contributed by atoms with E-state index in [2.05, 4.69) is 15.3 Å². The second kappa shape index (κ2) is 12.0. The number of hydrogen-bond acceptors (Lipinski definition) is 6. The molecule has 2 amide bonds. The Balaban J connectivity index is 2.00. The van der Waals surface area contributed by atoms with Crippen LogP contribution >= 0.6 is 0 Å². The number of aryl methyl sites for hydroxylation is 1. The monoisotopic (exact) mass is 412 g/mol. The van der Waals surface area contributed by atoms with Gasteiger partial charge < -0.3 is 20.3 Å². The summed E-state index contributed by atoms with van der Waals surface area (Å²) in [6, 6.07) is 9.11. The molecule has 0 aliphatic carbocycles. The van der Waals surface area contributed by atoms with E-state index in [4.69, 9.17) is 0 Å². The van der Waals surface area contributed by atoms with Crippen LogP contribution < -0.4 is 5.32 Å². The summed E-state index contributed by atoms with van der Waals surface area (Å²) in [6.07, 6.45) is 7.20. The second-order valence-electron chi connectivity index (χ2n) is 7.22. The van der Waals surface area contributed by atoms with Crippen molar-refractivity contribution in [2.45, 2.75) is 51.0 Å². The van der Waals surface area contributed by atoms with Gasteiger partial charge in [-0.05, 0) is 31.2 Å². The van der Waals surface area contributed by atoms with E-state index in [0.29, 0.717) is 25.7 Å². The number of likely N-dealkylation sites (N-methyl/N-ethyl adjacent to an activating group) is 1. The fourth-order valence-corrected chi connectivity index (χ4v) is 3.25. The summed E-state index contributed by atoms with van der Waals surface area (Å²) in [4.78, 5) is 34.8. The fourth-order valence-electron chi connectivity index (χ4n) is 3.25. The molecule has 2 atom stereocenters. The standard InChI is InChI=1S/C21H29BN4O4/c1-3-8-18(26(2)21(28)17-15-23-13-14-24-17)20(27)25-19(22(29)30)12-7-11-16-9-5-4-6-10-16/h4-6,9-10,13-15,18-19,29-30H,3,7-8,11-12H2,1-2H3,(H,25,27). The molecule has 0 saturated heterocycles. The van der Waals surface area contributed by atoms with Gasteiger partial charge in [0.25, 0.3) is 5.91 Å². The lowest BCUT2D eigenvalue weighted by atomic mass is 9.76. The van der Waals surface area contributed by atoms with Gasteiger partial charge >= 0.3 is 7.12 Å². The van der Waals surface area contributed by atoms with Crippen molar-refractivity contribution in [3.8, 4) is 0 Å². The zero-order chi connectivity index (χ0) is 21.9. The van der Waals surface area contributed by atoms with E-state index in [-0.39, 0.29) is 5.69 Å². The van der Waals surface area contributed by atoms with Crippen molar-refractivity contribution in [2.75, 3.05) is 7.05 Å². The average Bonchev–Trinajstić information content (AvgIpc) is 2.76. The fraction of sp³-hybridized carbons (Fsp3) is 0.429. The van der Waals surface area contributed by atoms with Crippen LogP contribution in [0.5, 0.6) is 0 Å². The number of nitrogens with one attached hydrogen (secondary N) is 1. The van der Waals surface area contributed by atoms with Gasteiger partial charge in [0.2, 0.25) is 5.91 Å². The number of carbonyl (C=O) groups excluding carboxylic acids is 2. The molecular weight excluding hydrogens is 383 g/mol. The van der Waals surface area contributed by atoms with Crippen LogP contribution in [0.25, 0.3) is 0 Å². The Kier molecular flexibility index (Phi) is 9.43. The van der Waals surface area contributed by atoms with Gasteiger partial charge in [-0.15, -0.1) is 0 Å². The van der Waals surface area contributed by atoms with Gasteiger partial charge in [0, 0.05) is 19.4 Å². The first-order valence-corrected chi connectivity index (χ1v) is 10.2. The normalized spacial score (nSPS) is 12.7. The van der Waals surface area contributed by atoms with Crippen LogP contribution in [0.4, 0.5) is 0 Å². The van der Waals surface area contributed by atoms with Crippen LogP contribution in [0.2, 0.25) is 0 Å². The van der Waals surface area contributed by atoms with E-state index in [1.165, 1.54) is 30.5 Å². The molecule has 0 radical (unpaired) electrons. The summed E-state index contributed by atoms with van der Waals surface area (Å²) in [5, 5.41) is 22.2. The first-order valence-electron chi connectivity index (χ1n) is 10.2. The van der Waals surface area contributed by atoms with Crippen molar-refractivity contribution in [1.29, 1.82) is 0 Å². The van der Waals surface area contributed by atoms with E-state index in [0.717, 1.165) is 12.0 Å². The molecular formula is C21H29BN4O4. The van der Waals surface area contributed by atoms with E-state index >= 15 is 0 Å². The topological polar surface area (TPSA) is 116 Å². The summed E-state index contributed by atoms with van der Waals surface area (Å²) < 4.78 is 0. The average molecular weight is 412 g/mol. The molecule has 1 aromatic carbocycles. The Morgan fingerprint density at radius 2 is 1.90 bits per heavy atom. The highest BCUT2D eigenvalue weighted by Gasteiger charge is 2.32. The molecule has 160 valence electrons. The maximum atomic E-state index is 12.9. The van der Waals surface area contributed by atoms with Gasteiger partial charge in [-0.1, -0.05) is 43.7 Å². The SMILES string of the molecule is CCCC(C(=O)NC(CCCc1ccccc1)B(O)O)N(C)C(=O)c1cnccn1. The number of carbonyl (C=O) groups is 2. The summed E-state index contributed by atoms with van der Waals surface area (Å²) in [5.41, 5.74) is 1.30. The molecule has 2 rings (SSSR count). The first-order chi connectivity index (χ1) is 14.4. The van der Waals surface area contributed by atoms with Crippen molar-refractivity contribution in [2.24, 2.45) is 0 Å². The molecule has 1 heterocycles. The molecule has 0 saturated carbocycles. The summed E-state index contributed by atoms with van der Waals surface area (Å²) in [5.74, 6) is -1.66. The Labute approximate surface area is 177 Å². The smallest absolute Gasteiger partial charge is 0.426 e. The molecule has 0 spiro atoms. The van der Waals surface area contributed by atoms with Crippen molar-refractivity contribution >= 4 is 18.9 Å². The molecule has 0 fully saturated rings. The number of hydrogen-bond donors (Lipinski definition) is 3. The van der Waals surface area contributed by atoms with Crippen LogP contribution in [0.1, 0.15) is 48.7 Å². The lowest BCUT2D eigenvalue weighted by Gasteiger charge is -2.29. The molecule has 9 heteroatoms. The van der Waals surface area contributed by atoms with Gasteiger partial charge in [0.15, 0.2) is 0 Å². The lowest BCUT2D eigenvalue weighted by Crippen LogP contribution is -2.54. The third kappa shape index (κ3) is 6.93. The van der Waals surface area contributed by atoms with Gasteiger partial charge in [-0.3, -0.25) is 14.6 Å². The highest BCUT2D eigenvalue weighted by atomic mass is 16.4. The quantitative estimate of drug-likeness (QED) is 0.479. The van der Waals surface area contributed by atoms with Crippen molar-refractivity contribution < 1.29 is 19.6 Å². The zero-order valence-corrected chi connectivity index (χ0v) is 17.4. The van der Waals surface area contributed by atoms with Crippen LogP contribution in [0.3, 0.4) is 0 Å². The first kappa shape index (κ1) is 23.5. The van der Waals surface area contributed by atoms with E-state index < -0.39 is 30.9 Å². The molecule has 3 N–H and O–H groups in total. The van der Waals surface area contributed by atoms with E-state index in [1.54, 1.807) is 0 Å². The van der Waals surface area contributed by atoms with Crippen LogP contribution in [0.15, 0.2) is 48.9 Å². The van der Waals surface area contributed by atoms with E-state index in [1.807, 2.05) is 37.3 Å². The Bertz CT molecular complexity index is 792. The zero-order valence-electron chi connectivity index (χ0n) is 17.4.